The first-order valence-electron chi connectivity index (χ1n) is 7.51. The van der Waals surface area contributed by atoms with Gasteiger partial charge in [0.1, 0.15) is 13.1 Å². The maximum absolute atomic E-state index is 12.2. The summed E-state index contributed by atoms with van der Waals surface area (Å²) in [6.07, 6.45) is 0. The van der Waals surface area contributed by atoms with E-state index < -0.39 is 4.92 Å². The number of nitrogens with one attached hydrogen (secondary N) is 2. The lowest BCUT2D eigenvalue weighted by Crippen LogP contribution is -3.14. The van der Waals surface area contributed by atoms with Crippen LogP contribution in [0.25, 0.3) is 10.1 Å². The molecule has 2 heterocycles. The largest absolute Gasteiger partial charge is 0.370 e. The third-order valence-electron chi connectivity index (χ3n) is 3.90. The number of carbonyl (C=O) groups is 1. The lowest BCUT2D eigenvalue weighted by Gasteiger charge is -2.23. The zero-order valence-electron chi connectivity index (χ0n) is 12.5. The first kappa shape index (κ1) is 15.9. The number of amides is 1. The molecule has 1 aliphatic heterocycles. The molecule has 1 aromatic heterocycles. The van der Waals surface area contributed by atoms with Gasteiger partial charge in [-0.1, -0.05) is 0 Å². The van der Waals surface area contributed by atoms with Gasteiger partial charge in [-0.15, -0.1) is 11.3 Å². The van der Waals surface area contributed by atoms with Gasteiger partial charge in [0.2, 0.25) is 0 Å². The molecule has 122 valence electrons. The molecule has 2 aromatic rings. The first-order chi connectivity index (χ1) is 11.1. The van der Waals surface area contributed by atoms with Crippen molar-refractivity contribution < 1.29 is 19.4 Å². The molecule has 0 aliphatic carbocycles. The van der Waals surface area contributed by atoms with Gasteiger partial charge >= 0.3 is 0 Å². The number of ether oxygens (including phenoxy) is 1. The van der Waals surface area contributed by atoms with Gasteiger partial charge in [-0.05, 0) is 12.1 Å². The van der Waals surface area contributed by atoms with Crippen molar-refractivity contribution in [3.05, 3.63) is 39.3 Å². The number of hydrogen-bond donors (Lipinski definition) is 2. The molecule has 1 aliphatic rings. The van der Waals surface area contributed by atoms with Gasteiger partial charge in [-0.2, -0.15) is 0 Å². The number of rotatable bonds is 5. The van der Waals surface area contributed by atoms with Crippen LogP contribution in [0.5, 0.6) is 0 Å². The molecule has 1 aromatic carbocycles. The Balaban J connectivity index is 1.60. The quantitative estimate of drug-likeness (QED) is 0.613. The first-order valence-corrected chi connectivity index (χ1v) is 8.32. The van der Waals surface area contributed by atoms with Gasteiger partial charge in [0.05, 0.1) is 36.1 Å². The molecule has 8 heteroatoms. The maximum Gasteiger partial charge on any atom is 0.270 e. The highest BCUT2D eigenvalue weighted by Gasteiger charge is 2.16. The third-order valence-corrected chi connectivity index (χ3v) is 5.01. The Hall–Kier alpha value is -2.03. The fourth-order valence-electron chi connectivity index (χ4n) is 2.61. The fraction of sp³-hybridized carbons (Fsp3) is 0.400. The molecule has 7 nitrogen and oxygen atoms in total. The number of non-ortho nitro benzene ring substituents is 1. The van der Waals surface area contributed by atoms with E-state index in [1.165, 1.54) is 28.4 Å². The summed E-state index contributed by atoms with van der Waals surface area (Å²) in [5.74, 6) is -0.124. The second-order valence-corrected chi connectivity index (χ2v) is 6.54. The van der Waals surface area contributed by atoms with Crippen molar-refractivity contribution in [1.82, 2.24) is 5.32 Å². The topological polar surface area (TPSA) is 85.9 Å². The summed E-state index contributed by atoms with van der Waals surface area (Å²) >= 11 is 1.35. The van der Waals surface area contributed by atoms with Crippen LogP contribution in [0.2, 0.25) is 0 Å². The number of nitrogens with zero attached hydrogens (tertiary/aromatic N) is 1. The molecule has 2 N–H and O–H groups in total. The average Bonchev–Trinajstić information content (AvgIpc) is 2.99. The van der Waals surface area contributed by atoms with E-state index in [0.29, 0.717) is 11.4 Å². The second-order valence-electron chi connectivity index (χ2n) is 5.46. The third kappa shape index (κ3) is 3.84. The standard InChI is InChI=1S/C15H17N3O4S/c19-15(16-3-4-17-5-7-22-8-6-17)14-10-11-9-12(18(20)21)1-2-13(11)23-14/h1-2,9-10H,3-8H2,(H,16,19)/p+1. The summed E-state index contributed by atoms with van der Waals surface area (Å²) < 4.78 is 6.18. The van der Waals surface area contributed by atoms with Crippen molar-refractivity contribution in [2.24, 2.45) is 0 Å². The van der Waals surface area contributed by atoms with Crippen molar-refractivity contribution in [2.45, 2.75) is 0 Å². The monoisotopic (exact) mass is 336 g/mol. The van der Waals surface area contributed by atoms with Crippen molar-refractivity contribution in [2.75, 3.05) is 39.4 Å². The van der Waals surface area contributed by atoms with E-state index in [1.54, 1.807) is 12.1 Å². The summed E-state index contributed by atoms with van der Waals surface area (Å²) in [6, 6.07) is 6.36. The SMILES string of the molecule is O=C(NCC[NH+]1CCOCC1)c1cc2cc([N+](=O)[O-])ccc2s1. The number of fused-ring (bicyclic) bond motifs is 1. The zero-order chi connectivity index (χ0) is 16.2. The summed E-state index contributed by atoms with van der Waals surface area (Å²) in [4.78, 5) is 24.6. The van der Waals surface area contributed by atoms with Gasteiger partial charge in [-0.3, -0.25) is 14.9 Å². The van der Waals surface area contributed by atoms with E-state index >= 15 is 0 Å². The highest BCUT2D eigenvalue weighted by atomic mass is 32.1. The molecule has 1 fully saturated rings. The summed E-state index contributed by atoms with van der Waals surface area (Å²) in [6.45, 7) is 5.00. The average molecular weight is 336 g/mol. The van der Waals surface area contributed by atoms with Crippen molar-refractivity contribution in [1.29, 1.82) is 0 Å². The van der Waals surface area contributed by atoms with Crippen molar-refractivity contribution >= 4 is 33.0 Å². The molecule has 1 amide bonds. The van der Waals surface area contributed by atoms with Crippen LogP contribution < -0.4 is 10.2 Å². The Morgan fingerprint density at radius 3 is 2.87 bits per heavy atom. The molecule has 3 rings (SSSR count). The molecule has 23 heavy (non-hydrogen) atoms. The van der Waals surface area contributed by atoms with Crippen LogP contribution in [0.3, 0.4) is 0 Å². The van der Waals surface area contributed by atoms with E-state index in [2.05, 4.69) is 5.32 Å². The molecule has 0 atom stereocenters. The number of nitro groups is 1. The Morgan fingerprint density at radius 1 is 1.35 bits per heavy atom. The van der Waals surface area contributed by atoms with E-state index in [0.717, 1.165) is 42.9 Å². The maximum atomic E-state index is 12.2. The van der Waals surface area contributed by atoms with E-state index in [4.69, 9.17) is 4.74 Å². The second kappa shape index (κ2) is 7.03. The van der Waals surface area contributed by atoms with Crippen LogP contribution in [-0.2, 0) is 4.74 Å². The number of hydrogen-bond acceptors (Lipinski definition) is 5. The molecule has 0 radical (unpaired) electrons. The van der Waals surface area contributed by atoms with E-state index in [9.17, 15) is 14.9 Å². The molecule has 0 saturated carbocycles. The van der Waals surface area contributed by atoms with Crippen LogP contribution in [0.15, 0.2) is 24.3 Å². The summed E-state index contributed by atoms with van der Waals surface area (Å²) in [5, 5.41) is 14.4. The van der Waals surface area contributed by atoms with Crippen molar-refractivity contribution in [3.63, 3.8) is 0 Å². The number of carbonyl (C=O) groups excluding carboxylic acids is 1. The van der Waals surface area contributed by atoms with Crippen LogP contribution in [0.1, 0.15) is 9.67 Å². The molecular weight excluding hydrogens is 318 g/mol. The minimum Gasteiger partial charge on any atom is -0.370 e. The molecule has 0 spiro atoms. The normalized spacial score (nSPS) is 15.7. The molecule has 0 bridgehead atoms. The predicted octanol–water partition coefficient (Wildman–Crippen LogP) is 0.454. The molecular formula is C15H18N3O4S+. The molecule has 0 unspecified atom stereocenters. The smallest absolute Gasteiger partial charge is 0.270 e. The van der Waals surface area contributed by atoms with Crippen LogP contribution in [0.4, 0.5) is 5.69 Å². The Bertz CT molecular complexity index is 725. The summed E-state index contributed by atoms with van der Waals surface area (Å²) in [5.41, 5.74) is 0.0400. The fourth-order valence-corrected chi connectivity index (χ4v) is 3.57. The van der Waals surface area contributed by atoms with Gasteiger partial charge in [0, 0.05) is 22.2 Å². The van der Waals surface area contributed by atoms with Gasteiger partial charge < -0.3 is 15.0 Å². The Kier molecular flexibility index (Phi) is 4.85. The minimum atomic E-state index is -0.429. The number of quaternary nitrogens is 1. The molecule has 1 saturated heterocycles. The lowest BCUT2D eigenvalue weighted by atomic mass is 10.2. The Morgan fingerprint density at radius 2 is 2.13 bits per heavy atom. The van der Waals surface area contributed by atoms with E-state index in [-0.39, 0.29) is 11.6 Å². The lowest BCUT2D eigenvalue weighted by molar-refractivity contribution is -0.906. The van der Waals surface area contributed by atoms with Gasteiger partial charge in [0.15, 0.2) is 0 Å². The van der Waals surface area contributed by atoms with Gasteiger partial charge in [-0.25, -0.2) is 0 Å². The summed E-state index contributed by atoms with van der Waals surface area (Å²) in [7, 11) is 0. The Labute approximate surface area is 137 Å². The van der Waals surface area contributed by atoms with Gasteiger partial charge in [0.25, 0.3) is 11.6 Å². The van der Waals surface area contributed by atoms with Crippen LogP contribution in [-0.4, -0.2) is 50.2 Å². The predicted molar refractivity (Wildman–Crippen MR) is 87.2 cm³/mol. The number of morpholine rings is 1. The zero-order valence-corrected chi connectivity index (χ0v) is 13.4. The van der Waals surface area contributed by atoms with E-state index in [1.807, 2.05) is 0 Å². The highest BCUT2D eigenvalue weighted by Crippen LogP contribution is 2.28. The number of nitro benzene ring substituents is 1. The highest BCUT2D eigenvalue weighted by molar-refractivity contribution is 7.20. The van der Waals surface area contributed by atoms with Crippen LogP contribution >= 0.6 is 11.3 Å². The van der Waals surface area contributed by atoms with Crippen molar-refractivity contribution in [3.8, 4) is 0 Å². The number of thiophene rings is 1. The van der Waals surface area contributed by atoms with Crippen LogP contribution in [0, 0.1) is 10.1 Å². The minimum absolute atomic E-state index is 0.0400. The number of benzene rings is 1.